The maximum absolute atomic E-state index is 12.8. The van der Waals surface area contributed by atoms with Crippen LogP contribution in [0, 0.1) is 0 Å². The van der Waals surface area contributed by atoms with Crippen molar-refractivity contribution >= 4 is 17.9 Å². The molecule has 6 nitrogen and oxygen atoms in total. The van der Waals surface area contributed by atoms with Gasteiger partial charge >= 0.3 is 17.9 Å². The molecule has 73 heavy (non-hydrogen) atoms. The molecule has 0 saturated carbocycles. The van der Waals surface area contributed by atoms with Crippen LogP contribution in [0.5, 0.6) is 0 Å². The van der Waals surface area contributed by atoms with Crippen LogP contribution in [-0.2, 0) is 28.6 Å². The van der Waals surface area contributed by atoms with Crippen LogP contribution in [0.4, 0.5) is 0 Å². The number of carbonyl (C=O) groups is 3. The fourth-order valence-corrected chi connectivity index (χ4v) is 9.00. The first-order valence-electron chi connectivity index (χ1n) is 31.4. The molecule has 0 N–H and O–H groups in total. The lowest BCUT2D eigenvalue weighted by Crippen LogP contribution is -2.30. The summed E-state index contributed by atoms with van der Waals surface area (Å²) in [4.78, 5) is 38.0. The lowest BCUT2D eigenvalue weighted by Gasteiger charge is -2.18. The zero-order valence-electron chi connectivity index (χ0n) is 48.4. The number of hydrogen-bond acceptors (Lipinski definition) is 6. The van der Waals surface area contributed by atoms with Gasteiger partial charge in [-0.2, -0.15) is 0 Å². The van der Waals surface area contributed by atoms with Crippen LogP contribution < -0.4 is 0 Å². The number of unbranched alkanes of at least 4 members (excludes halogenated alkanes) is 34. The smallest absolute Gasteiger partial charge is 0.306 e. The lowest BCUT2D eigenvalue weighted by atomic mass is 10.0. The molecule has 0 aromatic heterocycles. The van der Waals surface area contributed by atoms with Crippen molar-refractivity contribution in [2.24, 2.45) is 0 Å². The Balaban J connectivity index is 4.10. The number of carbonyl (C=O) groups excluding carboxylic acids is 3. The Morgan fingerprint density at radius 3 is 0.849 bits per heavy atom. The van der Waals surface area contributed by atoms with Crippen LogP contribution in [0.1, 0.15) is 316 Å². The third-order valence-corrected chi connectivity index (χ3v) is 13.7. The summed E-state index contributed by atoms with van der Waals surface area (Å²) in [5.74, 6) is -0.870. The summed E-state index contributed by atoms with van der Waals surface area (Å²) in [6, 6.07) is 0. The van der Waals surface area contributed by atoms with E-state index in [1.165, 1.54) is 186 Å². The number of rotatable bonds is 57. The largest absolute Gasteiger partial charge is 0.462 e. The quantitative estimate of drug-likeness (QED) is 0.0261. The molecule has 0 aliphatic carbocycles. The monoisotopic (exact) mass is 1020 g/mol. The molecular weight excluding hydrogens is 901 g/mol. The molecule has 0 amide bonds. The second-order valence-electron chi connectivity index (χ2n) is 20.9. The predicted molar refractivity (Wildman–Crippen MR) is 316 cm³/mol. The average Bonchev–Trinajstić information content (AvgIpc) is 3.39. The molecule has 0 aliphatic rings. The van der Waals surface area contributed by atoms with Crippen LogP contribution in [0.2, 0.25) is 0 Å². The molecule has 0 bridgehead atoms. The molecule has 1 unspecified atom stereocenters. The van der Waals surface area contributed by atoms with Crippen molar-refractivity contribution in [3.05, 3.63) is 72.9 Å². The molecule has 0 rings (SSSR count). The number of esters is 3. The third kappa shape index (κ3) is 59.6. The molecule has 0 aromatic carbocycles. The Labute approximate surface area is 453 Å². The Bertz CT molecular complexity index is 1360. The molecule has 422 valence electrons. The number of ether oxygens (including phenoxy) is 3. The molecule has 6 heteroatoms. The molecule has 0 aliphatic heterocycles. The van der Waals surface area contributed by atoms with Crippen LogP contribution in [-0.4, -0.2) is 37.2 Å². The number of allylic oxidation sites excluding steroid dienone is 12. The van der Waals surface area contributed by atoms with Crippen molar-refractivity contribution < 1.29 is 28.6 Å². The van der Waals surface area contributed by atoms with Gasteiger partial charge in [0.1, 0.15) is 13.2 Å². The van der Waals surface area contributed by atoms with Crippen molar-refractivity contribution in [3.63, 3.8) is 0 Å². The highest BCUT2D eigenvalue weighted by Crippen LogP contribution is 2.16. The van der Waals surface area contributed by atoms with Gasteiger partial charge in [0.25, 0.3) is 0 Å². The van der Waals surface area contributed by atoms with Crippen molar-refractivity contribution in [2.75, 3.05) is 13.2 Å². The van der Waals surface area contributed by atoms with Crippen molar-refractivity contribution in [1.82, 2.24) is 0 Å². The van der Waals surface area contributed by atoms with Gasteiger partial charge in [0.05, 0.1) is 0 Å². The summed E-state index contributed by atoms with van der Waals surface area (Å²) >= 11 is 0. The highest BCUT2D eigenvalue weighted by molar-refractivity contribution is 5.71. The van der Waals surface area contributed by atoms with E-state index in [-0.39, 0.29) is 31.1 Å². The summed E-state index contributed by atoms with van der Waals surface area (Å²) in [6.07, 6.45) is 79.3. The molecule has 0 aromatic rings. The molecule has 0 fully saturated rings. The van der Waals surface area contributed by atoms with Crippen LogP contribution >= 0.6 is 0 Å². The van der Waals surface area contributed by atoms with E-state index in [2.05, 4.69) is 93.7 Å². The van der Waals surface area contributed by atoms with Crippen molar-refractivity contribution in [1.29, 1.82) is 0 Å². The summed E-state index contributed by atoms with van der Waals surface area (Å²) in [5, 5.41) is 0. The minimum absolute atomic E-state index is 0.0732. The Kier molecular flexibility index (Phi) is 58.7. The second kappa shape index (κ2) is 61.4. The first-order valence-corrected chi connectivity index (χ1v) is 31.4. The highest BCUT2D eigenvalue weighted by atomic mass is 16.6. The van der Waals surface area contributed by atoms with Gasteiger partial charge in [0.2, 0.25) is 0 Å². The van der Waals surface area contributed by atoms with E-state index in [1.807, 2.05) is 0 Å². The van der Waals surface area contributed by atoms with Crippen molar-refractivity contribution in [2.45, 2.75) is 322 Å². The van der Waals surface area contributed by atoms with Gasteiger partial charge in [-0.25, -0.2) is 0 Å². The molecule has 0 saturated heterocycles. The maximum atomic E-state index is 12.8. The summed E-state index contributed by atoms with van der Waals surface area (Å²) in [6.45, 7) is 6.51. The Morgan fingerprint density at radius 2 is 0.534 bits per heavy atom. The molecule has 1 atom stereocenters. The fraction of sp³-hybridized carbons (Fsp3) is 0.776. The van der Waals surface area contributed by atoms with E-state index < -0.39 is 6.10 Å². The first kappa shape index (κ1) is 69.8. The molecule has 0 spiro atoms. The van der Waals surface area contributed by atoms with E-state index >= 15 is 0 Å². The SMILES string of the molecule is CC/C=C\C/C=C\C/C=C\C/C=C\C/C=C\CCCCCCCCCCCCCCCC(=O)OCC(COC(=O)CCCCCCCCC)OC(=O)CCCCCCCCCCC/C=C\CCCCCCCC. The van der Waals surface area contributed by atoms with Gasteiger partial charge < -0.3 is 14.2 Å². The minimum atomic E-state index is -0.773. The zero-order chi connectivity index (χ0) is 52.9. The molecule has 0 heterocycles. The van der Waals surface area contributed by atoms with Crippen LogP contribution in [0.3, 0.4) is 0 Å². The zero-order valence-corrected chi connectivity index (χ0v) is 48.4. The predicted octanol–water partition coefficient (Wildman–Crippen LogP) is 21.3. The van der Waals surface area contributed by atoms with E-state index in [0.29, 0.717) is 19.3 Å². The highest BCUT2D eigenvalue weighted by Gasteiger charge is 2.19. The van der Waals surface area contributed by atoms with Crippen LogP contribution in [0.25, 0.3) is 0 Å². The van der Waals surface area contributed by atoms with Gasteiger partial charge in [-0.3, -0.25) is 14.4 Å². The Hall–Kier alpha value is -3.15. The van der Waals surface area contributed by atoms with Crippen LogP contribution in [0.15, 0.2) is 72.9 Å². The Morgan fingerprint density at radius 1 is 0.288 bits per heavy atom. The first-order chi connectivity index (χ1) is 36.0. The summed E-state index contributed by atoms with van der Waals surface area (Å²) in [7, 11) is 0. The number of hydrogen-bond donors (Lipinski definition) is 0. The second-order valence-corrected chi connectivity index (χ2v) is 20.9. The minimum Gasteiger partial charge on any atom is -0.462 e. The van der Waals surface area contributed by atoms with Gasteiger partial charge in [0.15, 0.2) is 6.10 Å². The summed E-state index contributed by atoms with van der Waals surface area (Å²) < 4.78 is 16.8. The van der Waals surface area contributed by atoms with Gasteiger partial charge in [-0.15, -0.1) is 0 Å². The van der Waals surface area contributed by atoms with E-state index in [0.717, 1.165) is 89.9 Å². The standard InChI is InChI=1S/C67H118O6/c1-4-7-10-13-16-18-20-22-24-26-28-29-30-31-32-33-34-35-36-37-39-40-42-44-46-48-51-54-57-60-66(69)72-63-64(62-71-65(68)59-56-53-50-15-12-9-6-3)73-67(70)61-58-55-52-49-47-45-43-41-38-27-25-23-21-19-17-14-11-8-5-2/h7,10,16,18,22-25,28-29,31-32,64H,4-6,8-9,11-15,17,19-21,26-27,30,33-63H2,1-3H3/b10-7-,18-16-,24-22-,25-23-,29-28-,32-31-. The fourth-order valence-electron chi connectivity index (χ4n) is 9.00. The van der Waals surface area contributed by atoms with E-state index in [1.54, 1.807) is 0 Å². The lowest BCUT2D eigenvalue weighted by molar-refractivity contribution is -0.167. The third-order valence-electron chi connectivity index (χ3n) is 13.7. The van der Waals surface area contributed by atoms with E-state index in [9.17, 15) is 14.4 Å². The molecular formula is C67H118O6. The topological polar surface area (TPSA) is 78.9 Å². The summed E-state index contributed by atoms with van der Waals surface area (Å²) in [5.41, 5.74) is 0. The van der Waals surface area contributed by atoms with E-state index in [4.69, 9.17) is 14.2 Å². The van der Waals surface area contributed by atoms with Gasteiger partial charge in [0, 0.05) is 19.3 Å². The average molecular weight is 1020 g/mol. The normalized spacial score (nSPS) is 12.5. The van der Waals surface area contributed by atoms with Gasteiger partial charge in [-0.1, -0.05) is 280 Å². The maximum Gasteiger partial charge on any atom is 0.306 e. The molecule has 0 radical (unpaired) electrons. The van der Waals surface area contributed by atoms with Gasteiger partial charge in [-0.05, 0) is 89.9 Å². The van der Waals surface area contributed by atoms with Crippen molar-refractivity contribution in [3.8, 4) is 0 Å².